The van der Waals surface area contributed by atoms with Crippen LogP contribution in [0.2, 0.25) is 0 Å². The van der Waals surface area contributed by atoms with E-state index in [4.69, 9.17) is 9.84 Å². The number of carboxylic acid groups (broad SMARTS) is 1. The molecule has 0 saturated carbocycles. The molecule has 0 saturated heterocycles. The van der Waals surface area contributed by atoms with E-state index in [1.54, 1.807) is 24.3 Å². The van der Waals surface area contributed by atoms with Gasteiger partial charge in [0.1, 0.15) is 5.75 Å². The number of hydrogen-bond donors (Lipinski definition) is 2. The Bertz CT molecular complexity index is 1080. The molecule has 0 amide bonds. The lowest BCUT2D eigenvalue weighted by Gasteiger charge is -2.13. The van der Waals surface area contributed by atoms with E-state index in [2.05, 4.69) is 11.6 Å². The number of carbonyl (C=O) groups is 2. The second kappa shape index (κ2) is 14.6. The minimum absolute atomic E-state index is 0.00210. The number of ketones is 1. The topological polar surface area (TPSA) is 110 Å². The van der Waals surface area contributed by atoms with Crippen molar-refractivity contribution in [3.05, 3.63) is 59.2 Å². The number of rotatable bonds is 17. The molecule has 0 radical (unpaired) electrons. The number of carbonyl (C=O) groups excluding carboxylic acids is 1. The molecule has 192 valence electrons. The first-order valence-corrected chi connectivity index (χ1v) is 13.8. The van der Waals surface area contributed by atoms with Gasteiger partial charge in [0.2, 0.25) is 10.0 Å². The summed E-state index contributed by atoms with van der Waals surface area (Å²) in [7, 11) is -2.37. The third-order valence-electron chi connectivity index (χ3n) is 5.86. The molecular formula is C27H37NO6S. The van der Waals surface area contributed by atoms with Gasteiger partial charge in [0.15, 0.2) is 5.78 Å². The van der Waals surface area contributed by atoms with Crippen LogP contribution in [0.1, 0.15) is 86.2 Å². The normalized spacial score (nSPS) is 11.4. The molecule has 2 N–H and O–H groups in total. The molecule has 0 aliphatic rings. The maximum Gasteiger partial charge on any atom is 0.303 e. The molecule has 0 bridgehead atoms. The summed E-state index contributed by atoms with van der Waals surface area (Å²) in [6, 6.07) is 10.8. The van der Waals surface area contributed by atoms with Gasteiger partial charge >= 0.3 is 5.97 Å². The van der Waals surface area contributed by atoms with Crippen molar-refractivity contribution in [3.63, 3.8) is 0 Å². The number of carboxylic acids is 1. The summed E-state index contributed by atoms with van der Waals surface area (Å²) < 4.78 is 32.4. The van der Waals surface area contributed by atoms with Crippen molar-refractivity contribution in [1.29, 1.82) is 0 Å². The molecule has 0 atom stereocenters. The monoisotopic (exact) mass is 503 g/mol. The maximum atomic E-state index is 13.1. The summed E-state index contributed by atoms with van der Waals surface area (Å²) in [4.78, 5) is 24.2. The van der Waals surface area contributed by atoms with Crippen LogP contribution in [-0.2, 0) is 21.2 Å². The van der Waals surface area contributed by atoms with Crippen LogP contribution >= 0.6 is 0 Å². The molecule has 0 aromatic heterocycles. The molecule has 35 heavy (non-hydrogen) atoms. The summed E-state index contributed by atoms with van der Waals surface area (Å²) in [5.74, 6) is -0.692. The van der Waals surface area contributed by atoms with E-state index >= 15 is 0 Å². The molecule has 8 heteroatoms. The van der Waals surface area contributed by atoms with Gasteiger partial charge in [-0.25, -0.2) is 13.1 Å². The number of unbranched alkanes of at least 4 members (excludes halogenated alkanes) is 7. The van der Waals surface area contributed by atoms with Crippen LogP contribution in [0.15, 0.2) is 47.4 Å². The summed E-state index contributed by atoms with van der Waals surface area (Å²) in [5.41, 5.74) is 1.23. The fourth-order valence-electron chi connectivity index (χ4n) is 3.81. The second-order valence-electron chi connectivity index (χ2n) is 8.60. The van der Waals surface area contributed by atoms with Gasteiger partial charge in [0, 0.05) is 17.5 Å². The van der Waals surface area contributed by atoms with Crippen molar-refractivity contribution >= 4 is 21.8 Å². The molecule has 0 aliphatic heterocycles. The zero-order valence-corrected chi connectivity index (χ0v) is 21.5. The number of benzene rings is 2. The number of sulfonamides is 1. The van der Waals surface area contributed by atoms with Crippen molar-refractivity contribution in [2.45, 2.75) is 76.0 Å². The largest absolute Gasteiger partial charge is 0.493 e. The highest BCUT2D eigenvalue weighted by atomic mass is 32.2. The fourth-order valence-corrected chi connectivity index (χ4v) is 4.58. The number of ether oxygens (including phenoxy) is 1. The minimum atomic E-state index is -3.68. The first kappa shape index (κ1) is 28.5. The molecule has 0 heterocycles. The van der Waals surface area contributed by atoms with E-state index in [1.807, 2.05) is 0 Å². The van der Waals surface area contributed by atoms with Crippen LogP contribution in [0.4, 0.5) is 0 Å². The second-order valence-corrected chi connectivity index (χ2v) is 10.5. The van der Waals surface area contributed by atoms with E-state index in [1.165, 1.54) is 63.8 Å². The molecule has 2 aromatic rings. The summed E-state index contributed by atoms with van der Waals surface area (Å²) in [6.07, 6.45) is 9.66. The molecule has 7 nitrogen and oxygen atoms in total. The SMILES string of the molecule is CCCCCCCCCCOc1ccc(C(=O)c2cccc(S(=O)(=O)NC)c2)cc1CCC(=O)O. The van der Waals surface area contributed by atoms with E-state index in [0.29, 0.717) is 23.5 Å². The Morgan fingerprint density at radius 2 is 1.57 bits per heavy atom. The van der Waals surface area contributed by atoms with E-state index < -0.39 is 16.0 Å². The summed E-state index contributed by atoms with van der Waals surface area (Å²) >= 11 is 0. The molecule has 0 aliphatic carbocycles. The Hall–Kier alpha value is -2.71. The zero-order valence-electron chi connectivity index (χ0n) is 20.7. The summed E-state index contributed by atoms with van der Waals surface area (Å²) in [5, 5.41) is 9.13. The lowest BCUT2D eigenvalue weighted by Crippen LogP contribution is -2.19. The van der Waals surface area contributed by atoms with Crippen LogP contribution in [0.3, 0.4) is 0 Å². The van der Waals surface area contributed by atoms with Gasteiger partial charge in [-0.1, -0.05) is 64.0 Å². The first-order valence-electron chi connectivity index (χ1n) is 12.3. The number of aliphatic carboxylic acids is 1. The van der Waals surface area contributed by atoms with Crippen molar-refractivity contribution in [2.24, 2.45) is 0 Å². The average molecular weight is 504 g/mol. The lowest BCUT2D eigenvalue weighted by molar-refractivity contribution is -0.136. The zero-order chi connectivity index (χ0) is 25.7. The highest BCUT2D eigenvalue weighted by Crippen LogP contribution is 2.25. The number of hydrogen-bond acceptors (Lipinski definition) is 5. The highest BCUT2D eigenvalue weighted by Gasteiger charge is 2.17. The van der Waals surface area contributed by atoms with Crippen LogP contribution in [0, 0.1) is 0 Å². The van der Waals surface area contributed by atoms with Crippen molar-refractivity contribution in [3.8, 4) is 5.75 Å². The third kappa shape index (κ3) is 9.45. The maximum absolute atomic E-state index is 13.1. The van der Waals surface area contributed by atoms with Crippen molar-refractivity contribution < 1.29 is 27.9 Å². The lowest BCUT2D eigenvalue weighted by atomic mass is 9.99. The van der Waals surface area contributed by atoms with E-state index in [-0.39, 0.29) is 29.1 Å². The van der Waals surface area contributed by atoms with Gasteiger partial charge in [-0.15, -0.1) is 0 Å². The van der Waals surface area contributed by atoms with Gasteiger partial charge in [-0.05, 0) is 55.8 Å². The fraction of sp³-hybridized carbons (Fsp3) is 0.481. The van der Waals surface area contributed by atoms with Gasteiger partial charge in [-0.3, -0.25) is 9.59 Å². The van der Waals surface area contributed by atoms with E-state index in [9.17, 15) is 18.0 Å². The molecule has 2 rings (SSSR count). The van der Waals surface area contributed by atoms with Gasteiger partial charge in [0.05, 0.1) is 11.5 Å². The van der Waals surface area contributed by atoms with Crippen LogP contribution in [0.5, 0.6) is 5.75 Å². The molecule has 0 spiro atoms. The molecular weight excluding hydrogens is 466 g/mol. The first-order chi connectivity index (χ1) is 16.8. The Labute approximate surface area is 209 Å². The van der Waals surface area contributed by atoms with Crippen molar-refractivity contribution in [1.82, 2.24) is 4.72 Å². The highest BCUT2D eigenvalue weighted by molar-refractivity contribution is 7.89. The molecule has 0 fully saturated rings. The average Bonchev–Trinajstić information content (AvgIpc) is 2.86. The Kier molecular flexibility index (Phi) is 11.9. The van der Waals surface area contributed by atoms with Crippen LogP contribution < -0.4 is 9.46 Å². The number of nitrogens with one attached hydrogen (secondary N) is 1. The molecule has 0 unspecified atom stereocenters. The minimum Gasteiger partial charge on any atom is -0.493 e. The van der Waals surface area contributed by atoms with Gasteiger partial charge < -0.3 is 9.84 Å². The molecule has 2 aromatic carbocycles. The Morgan fingerprint density at radius 1 is 0.914 bits per heavy atom. The van der Waals surface area contributed by atoms with Gasteiger partial charge in [-0.2, -0.15) is 0 Å². The van der Waals surface area contributed by atoms with Crippen LogP contribution in [0.25, 0.3) is 0 Å². The smallest absolute Gasteiger partial charge is 0.303 e. The quantitative estimate of drug-likeness (QED) is 0.222. The van der Waals surface area contributed by atoms with Crippen molar-refractivity contribution in [2.75, 3.05) is 13.7 Å². The Balaban J connectivity index is 2.07. The third-order valence-corrected chi connectivity index (χ3v) is 7.27. The van der Waals surface area contributed by atoms with Gasteiger partial charge in [0.25, 0.3) is 0 Å². The Morgan fingerprint density at radius 3 is 2.23 bits per heavy atom. The van der Waals surface area contributed by atoms with E-state index in [0.717, 1.165) is 12.8 Å². The standard InChI is InChI=1S/C27H37NO6S/c1-3-4-5-6-7-8-9-10-18-34-25-16-14-23(19-21(25)15-17-26(29)30)27(31)22-12-11-13-24(20-22)35(32,33)28-2/h11-14,16,19-20,28H,3-10,15,17-18H2,1-2H3,(H,29,30). The predicted molar refractivity (Wildman–Crippen MR) is 137 cm³/mol. The number of aryl methyl sites for hydroxylation is 1. The predicted octanol–water partition coefficient (Wildman–Crippen LogP) is 5.36. The summed E-state index contributed by atoms with van der Waals surface area (Å²) in [6.45, 7) is 2.74. The van der Waals surface area contributed by atoms with Crippen LogP contribution in [-0.4, -0.2) is 38.9 Å².